The number of H-pyrrole nitrogens is 1. The highest BCUT2D eigenvalue weighted by atomic mass is 35.5. The van der Waals surface area contributed by atoms with Crippen molar-refractivity contribution in [3.05, 3.63) is 99.5 Å². The van der Waals surface area contributed by atoms with Crippen LogP contribution in [-0.4, -0.2) is 27.2 Å². The second kappa shape index (κ2) is 9.80. The number of aromatic nitrogens is 3. The van der Waals surface area contributed by atoms with Crippen LogP contribution in [0.25, 0.3) is 5.69 Å². The summed E-state index contributed by atoms with van der Waals surface area (Å²) in [6.45, 7) is 2.89. The lowest BCUT2D eigenvalue weighted by Gasteiger charge is -2.13. The van der Waals surface area contributed by atoms with Crippen molar-refractivity contribution in [2.75, 3.05) is 11.9 Å². The molecule has 0 saturated heterocycles. The Kier molecular flexibility index (Phi) is 6.68. The first kappa shape index (κ1) is 21.8. The standard InChI is InChI=1S/C24H21ClN4O2S/c1-2-31-19-11-9-18(10-12-19)29-22(27-28-24(29)32)15-26-21-13-8-17(25)14-20(21)23(30)16-6-4-3-5-7-16/h3-14,26H,2,15H2,1H3,(H,28,32). The van der Waals surface area contributed by atoms with Crippen LogP contribution >= 0.6 is 23.8 Å². The summed E-state index contributed by atoms with van der Waals surface area (Å²) in [5, 5.41) is 11.0. The summed E-state index contributed by atoms with van der Waals surface area (Å²) < 4.78 is 7.83. The summed E-state index contributed by atoms with van der Waals surface area (Å²) >= 11 is 11.6. The number of carbonyl (C=O) groups excluding carboxylic acids is 1. The fourth-order valence-electron chi connectivity index (χ4n) is 3.35. The lowest BCUT2D eigenvalue weighted by Crippen LogP contribution is -2.11. The molecule has 0 bridgehead atoms. The van der Waals surface area contributed by atoms with Crippen LogP contribution in [0.2, 0.25) is 5.02 Å². The molecule has 32 heavy (non-hydrogen) atoms. The van der Waals surface area contributed by atoms with Gasteiger partial charge in [0.05, 0.1) is 13.2 Å². The number of carbonyl (C=O) groups is 1. The van der Waals surface area contributed by atoms with Gasteiger partial charge >= 0.3 is 0 Å². The largest absolute Gasteiger partial charge is 0.494 e. The average molecular weight is 465 g/mol. The highest BCUT2D eigenvalue weighted by Crippen LogP contribution is 2.25. The summed E-state index contributed by atoms with van der Waals surface area (Å²) in [6, 6.07) is 21.9. The average Bonchev–Trinajstić information content (AvgIpc) is 3.19. The molecule has 1 aromatic heterocycles. The van der Waals surface area contributed by atoms with Crippen molar-refractivity contribution in [3.8, 4) is 11.4 Å². The topological polar surface area (TPSA) is 71.9 Å². The van der Waals surface area contributed by atoms with Crippen LogP contribution in [0.1, 0.15) is 28.7 Å². The molecule has 0 radical (unpaired) electrons. The fraction of sp³-hybridized carbons (Fsp3) is 0.125. The van der Waals surface area contributed by atoms with Gasteiger partial charge in [0.2, 0.25) is 0 Å². The number of nitrogens with one attached hydrogen (secondary N) is 2. The van der Waals surface area contributed by atoms with Crippen molar-refractivity contribution >= 4 is 35.3 Å². The third kappa shape index (κ3) is 4.74. The molecule has 0 aliphatic carbocycles. The van der Waals surface area contributed by atoms with Crippen molar-refractivity contribution in [1.29, 1.82) is 0 Å². The van der Waals surface area contributed by atoms with Crippen molar-refractivity contribution < 1.29 is 9.53 Å². The maximum absolute atomic E-state index is 13.1. The van der Waals surface area contributed by atoms with Gasteiger partial charge in [0, 0.05) is 27.5 Å². The van der Waals surface area contributed by atoms with Gasteiger partial charge in [-0.3, -0.25) is 14.5 Å². The van der Waals surface area contributed by atoms with Crippen molar-refractivity contribution in [1.82, 2.24) is 14.8 Å². The van der Waals surface area contributed by atoms with Gasteiger partial charge in [0.15, 0.2) is 16.4 Å². The molecule has 0 aliphatic heterocycles. The number of halogens is 1. The molecular weight excluding hydrogens is 444 g/mol. The van der Waals surface area contributed by atoms with Gasteiger partial charge in [0.1, 0.15) is 5.75 Å². The zero-order valence-electron chi connectivity index (χ0n) is 17.3. The first-order valence-corrected chi connectivity index (χ1v) is 10.9. The van der Waals surface area contributed by atoms with E-state index in [2.05, 4.69) is 15.5 Å². The van der Waals surface area contributed by atoms with Crippen molar-refractivity contribution in [3.63, 3.8) is 0 Å². The zero-order chi connectivity index (χ0) is 22.5. The van der Waals surface area contributed by atoms with Crippen molar-refractivity contribution in [2.24, 2.45) is 0 Å². The van der Waals surface area contributed by atoms with E-state index in [4.69, 9.17) is 28.6 Å². The van der Waals surface area contributed by atoms with Crippen LogP contribution in [0.3, 0.4) is 0 Å². The third-order valence-electron chi connectivity index (χ3n) is 4.85. The Balaban J connectivity index is 1.60. The first-order valence-electron chi connectivity index (χ1n) is 10.1. The summed E-state index contributed by atoms with van der Waals surface area (Å²) in [7, 11) is 0. The lowest BCUT2D eigenvalue weighted by atomic mass is 10.0. The molecule has 0 saturated carbocycles. The Hall–Kier alpha value is -3.42. The summed E-state index contributed by atoms with van der Waals surface area (Å²) in [4.78, 5) is 13.1. The minimum atomic E-state index is -0.110. The Morgan fingerprint density at radius 3 is 2.59 bits per heavy atom. The number of benzene rings is 3. The van der Waals surface area contributed by atoms with E-state index in [-0.39, 0.29) is 5.78 Å². The molecule has 1 heterocycles. The molecule has 8 heteroatoms. The molecule has 0 unspecified atom stereocenters. The van der Waals surface area contributed by atoms with Crippen LogP contribution in [0.15, 0.2) is 72.8 Å². The summed E-state index contributed by atoms with van der Waals surface area (Å²) in [5.41, 5.74) is 2.61. The summed E-state index contributed by atoms with van der Waals surface area (Å²) in [5.74, 6) is 1.35. The second-order valence-corrected chi connectivity index (χ2v) is 7.77. The van der Waals surface area contributed by atoms with Crippen LogP contribution < -0.4 is 10.1 Å². The van der Waals surface area contributed by atoms with E-state index in [9.17, 15) is 4.79 Å². The van der Waals surface area contributed by atoms with Gasteiger partial charge in [-0.15, -0.1) is 0 Å². The number of anilines is 1. The molecule has 4 rings (SSSR count). The molecular formula is C24H21ClN4O2S. The SMILES string of the molecule is CCOc1ccc(-n2c(CNc3ccc(Cl)cc3C(=O)c3ccccc3)n[nH]c2=S)cc1. The minimum absolute atomic E-state index is 0.110. The molecule has 0 amide bonds. The number of hydrogen-bond donors (Lipinski definition) is 2. The monoisotopic (exact) mass is 464 g/mol. The van der Waals surface area contributed by atoms with Gasteiger partial charge in [-0.2, -0.15) is 5.10 Å². The van der Waals surface area contributed by atoms with Gasteiger partial charge in [-0.25, -0.2) is 0 Å². The normalized spacial score (nSPS) is 10.7. The van der Waals surface area contributed by atoms with E-state index >= 15 is 0 Å². The molecule has 0 atom stereocenters. The smallest absolute Gasteiger partial charge is 0.199 e. The number of aromatic amines is 1. The van der Waals surface area contributed by atoms with Crippen LogP contribution in [0.4, 0.5) is 5.69 Å². The Bertz CT molecular complexity index is 1280. The number of hydrogen-bond acceptors (Lipinski definition) is 5. The van der Waals surface area contributed by atoms with E-state index < -0.39 is 0 Å². The van der Waals surface area contributed by atoms with E-state index in [0.29, 0.717) is 45.6 Å². The number of ketones is 1. The second-order valence-electron chi connectivity index (χ2n) is 6.95. The predicted octanol–water partition coefficient (Wildman–Crippen LogP) is 5.83. The van der Waals surface area contributed by atoms with Gasteiger partial charge < -0.3 is 10.1 Å². The van der Waals surface area contributed by atoms with E-state index in [1.54, 1.807) is 30.3 Å². The molecule has 0 fully saturated rings. The molecule has 4 aromatic rings. The van der Waals surface area contributed by atoms with Crippen LogP contribution in [0, 0.1) is 4.77 Å². The van der Waals surface area contributed by atoms with E-state index in [0.717, 1.165) is 11.4 Å². The van der Waals surface area contributed by atoms with Gasteiger partial charge in [0.25, 0.3) is 0 Å². The Morgan fingerprint density at radius 2 is 1.88 bits per heavy atom. The van der Waals surface area contributed by atoms with Gasteiger partial charge in [-0.05, 0) is 61.6 Å². The van der Waals surface area contributed by atoms with E-state index in [1.807, 2.05) is 54.0 Å². The highest BCUT2D eigenvalue weighted by molar-refractivity contribution is 7.71. The molecule has 162 valence electrons. The predicted molar refractivity (Wildman–Crippen MR) is 129 cm³/mol. The maximum Gasteiger partial charge on any atom is 0.199 e. The number of ether oxygens (including phenoxy) is 1. The van der Waals surface area contributed by atoms with Gasteiger partial charge in [-0.1, -0.05) is 41.9 Å². The Labute approximate surface area is 195 Å². The third-order valence-corrected chi connectivity index (χ3v) is 5.36. The minimum Gasteiger partial charge on any atom is -0.494 e. The molecule has 2 N–H and O–H groups in total. The molecule has 3 aromatic carbocycles. The molecule has 0 aliphatic rings. The quantitative estimate of drug-likeness (QED) is 0.254. The first-order chi connectivity index (χ1) is 15.6. The lowest BCUT2D eigenvalue weighted by molar-refractivity contribution is 0.103. The fourth-order valence-corrected chi connectivity index (χ4v) is 3.78. The maximum atomic E-state index is 13.1. The highest BCUT2D eigenvalue weighted by Gasteiger charge is 2.16. The number of rotatable bonds is 8. The summed E-state index contributed by atoms with van der Waals surface area (Å²) in [6.07, 6.45) is 0. The molecule has 0 spiro atoms. The van der Waals surface area contributed by atoms with Crippen LogP contribution in [0.5, 0.6) is 5.75 Å². The molecule has 6 nitrogen and oxygen atoms in total. The van der Waals surface area contributed by atoms with Crippen molar-refractivity contribution in [2.45, 2.75) is 13.5 Å². The van der Waals surface area contributed by atoms with E-state index in [1.165, 1.54) is 0 Å². The Morgan fingerprint density at radius 1 is 1.12 bits per heavy atom. The zero-order valence-corrected chi connectivity index (χ0v) is 18.9. The van der Waals surface area contributed by atoms with Crippen LogP contribution in [-0.2, 0) is 6.54 Å². The number of nitrogens with zero attached hydrogens (tertiary/aromatic N) is 2.